The summed E-state index contributed by atoms with van der Waals surface area (Å²) >= 11 is 6.04. The number of benzene rings is 1. The zero-order valence-corrected chi connectivity index (χ0v) is 21.8. The smallest absolute Gasteiger partial charge is 0.345 e. The van der Waals surface area contributed by atoms with Crippen molar-refractivity contribution < 1.29 is 22.4 Å². The van der Waals surface area contributed by atoms with E-state index in [1.165, 1.54) is 25.1 Å². The summed E-state index contributed by atoms with van der Waals surface area (Å²) in [5.74, 6) is -0.700. The molecule has 3 heterocycles. The lowest BCUT2D eigenvalue weighted by Crippen LogP contribution is -2.48. The van der Waals surface area contributed by atoms with Crippen LogP contribution in [0.15, 0.2) is 30.3 Å². The van der Waals surface area contributed by atoms with Crippen LogP contribution in [0.5, 0.6) is 0 Å². The van der Waals surface area contributed by atoms with E-state index in [4.69, 9.17) is 11.6 Å². The third kappa shape index (κ3) is 6.72. The first-order valence-electron chi connectivity index (χ1n) is 12.5. The topological polar surface area (TPSA) is 42.9 Å². The number of hydrogen-bond donors (Lipinski definition) is 0. The number of carbonyl (C=O) groups is 1. The maximum atomic E-state index is 13.9. The zero-order valence-electron chi connectivity index (χ0n) is 21.1. The highest BCUT2D eigenvalue weighted by Crippen LogP contribution is 2.34. The minimum atomic E-state index is -4.51. The van der Waals surface area contributed by atoms with Crippen LogP contribution >= 0.6 is 11.6 Å². The Hall–Kier alpha value is -2.43. The monoisotopic (exact) mass is 541 g/mol. The number of carbonyl (C=O) groups excluding carboxylic acids is 1. The Balaban J connectivity index is 1.56. The zero-order chi connectivity index (χ0) is 26.7. The predicted molar refractivity (Wildman–Crippen MR) is 137 cm³/mol. The molecule has 1 aromatic carbocycles. The van der Waals surface area contributed by atoms with Crippen LogP contribution in [0.3, 0.4) is 0 Å². The van der Waals surface area contributed by atoms with Crippen LogP contribution in [-0.4, -0.2) is 79.6 Å². The van der Waals surface area contributed by atoms with E-state index in [9.17, 15) is 22.4 Å². The lowest BCUT2D eigenvalue weighted by Gasteiger charge is -2.34. The van der Waals surface area contributed by atoms with Crippen LogP contribution in [0, 0.1) is 12.7 Å². The van der Waals surface area contributed by atoms with Crippen molar-refractivity contribution in [1.82, 2.24) is 14.8 Å². The molecule has 2 saturated heterocycles. The van der Waals surface area contributed by atoms with Gasteiger partial charge in [0.15, 0.2) is 0 Å². The van der Waals surface area contributed by atoms with Gasteiger partial charge in [-0.25, -0.2) is 9.37 Å². The Morgan fingerprint density at radius 1 is 1.14 bits per heavy atom. The second kappa shape index (κ2) is 11.5. The maximum absolute atomic E-state index is 13.9. The van der Waals surface area contributed by atoms with Gasteiger partial charge < -0.3 is 19.6 Å². The number of likely N-dealkylation sites (N-methyl/N-ethyl adjacent to an activating group) is 1. The van der Waals surface area contributed by atoms with Crippen LogP contribution < -0.4 is 9.80 Å². The van der Waals surface area contributed by atoms with Crippen LogP contribution in [-0.2, 0) is 11.0 Å². The second-order valence-corrected chi connectivity index (χ2v) is 10.2. The normalized spacial score (nSPS) is 19.4. The SMILES string of the molecule is Cc1cc(C(F)(F)F)cc(N2CCC[C@H]2C(=O)N(CCCN2CCN(C)CC2)c2ccc(F)c(Cl)c2)n1. The number of amides is 1. The van der Waals surface area contributed by atoms with E-state index in [0.717, 1.165) is 44.9 Å². The molecular formula is C26H32ClF4N5O. The number of halogens is 5. The van der Waals surface area contributed by atoms with Crippen molar-refractivity contribution in [2.24, 2.45) is 0 Å². The molecule has 1 aromatic heterocycles. The van der Waals surface area contributed by atoms with Gasteiger partial charge in [-0.05, 0) is 70.1 Å². The number of alkyl halides is 3. The summed E-state index contributed by atoms with van der Waals surface area (Å²) in [5, 5.41) is -0.0900. The fourth-order valence-corrected chi connectivity index (χ4v) is 5.16. The van der Waals surface area contributed by atoms with Gasteiger partial charge >= 0.3 is 6.18 Å². The molecular weight excluding hydrogens is 510 g/mol. The minimum absolute atomic E-state index is 0.0900. The van der Waals surface area contributed by atoms with Gasteiger partial charge in [0.1, 0.15) is 17.7 Å². The van der Waals surface area contributed by atoms with E-state index in [2.05, 4.69) is 21.8 Å². The molecule has 0 radical (unpaired) electrons. The average molecular weight is 542 g/mol. The van der Waals surface area contributed by atoms with Crippen molar-refractivity contribution in [3.05, 3.63) is 52.4 Å². The van der Waals surface area contributed by atoms with Gasteiger partial charge in [-0.1, -0.05) is 11.6 Å². The molecule has 2 aliphatic rings. The Labute approximate surface area is 219 Å². The van der Waals surface area contributed by atoms with Gasteiger partial charge in [0.2, 0.25) is 5.91 Å². The van der Waals surface area contributed by atoms with E-state index >= 15 is 0 Å². The molecule has 202 valence electrons. The third-order valence-electron chi connectivity index (χ3n) is 7.03. The average Bonchev–Trinajstić information content (AvgIpc) is 3.34. The molecule has 0 bridgehead atoms. The number of aromatic nitrogens is 1. The molecule has 37 heavy (non-hydrogen) atoms. The number of pyridine rings is 1. The third-order valence-corrected chi connectivity index (χ3v) is 7.32. The lowest BCUT2D eigenvalue weighted by molar-refractivity contribution is -0.137. The van der Waals surface area contributed by atoms with E-state index in [-0.39, 0.29) is 22.4 Å². The fourth-order valence-electron chi connectivity index (χ4n) is 4.98. The van der Waals surface area contributed by atoms with Gasteiger partial charge in [0.05, 0.1) is 10.6 Å². The Kier molecular flexibility index (Phi) is 8.60. The van der Waals surface area contributed by atoms with Crippen molar-refractivity contribution in [3.8, 4) is 0 Å². The molecule has 2 aromatic rings. The largest absolute Gasteiger partial charge is 0.416 e. The summed E-state index contributed by atoms with van der Waals surface area (Å²) in [7, 11) is 2.09. The highest BCUT2D eigenvalue weighted by molar-refractivity contribution is 6.31. The molecule has 0 aliphatic carbocycles. The summed E-state index contributed by atoms with van der Waals surface area (Å²) in [6.45, 7) is 6.98. The Morgan fingerprint density at radius 3 is 2.54 bits per heavy atom. The van der Waals surface area contributed by atoms with E-state index in [1.54, 1.807) is 9.80 Å². The van der Waals surface area contributed by atoms with Crippen molar-refractivity contribution in [1.29, 1.82) is 0 Å². The minimum Gasteiger partial charge on any atom is -0.345 e. The second-order valence-electron chi connectivity index (χ2n) is 9.79. The van der Waals surface area contributed by atoms with Gasteiger partial charge in [-0.2, -0.15) is 13.2 Å². The van der Waals surface area contributed by atoms with E-state index in [1.807, 2.05) is 0 Å². The summed E-state index contributed by atoms with van der Waals surface area (Å²) in [5.41, 5.74) is -0.0884. The van der Waals surface area contributed by atoms with Gasteiger partial charge in [-0.15, -0.1) is 0 Å². The Bertz CT molecular complexity index is 1110. The van der Waals surface area contributed by atoms with E-state index < -0.39 is 23.6 Å². The molecule has 1 atom stereocenters. The lowest BCUT2D eigenvalue weighted by atomic mass is 10.1. The first-order valence-corrected chi connectivity index (χ1v) is 12.9. The highest BCUT2D eigenvalue weighted by atomic mass is 35.5. The number of piperazine rings is 1. The summed E-state index contributed by atoms with van der Waals surface area (Å²) in [4.78, 5) is 26.1. The number of hydrogen-bond acceptors (Lipinski definition) is 5. The summed E-state index contributed by atoms with van der Waals surface area (Å²) < 4.78 is 54.3. The van der Waals surface area contributed by atoms with Gasteiger partial charge in [0, 0.05) is 50.6 Å². The quantitative estimate of drug-likeness (QED) is 0.469. The molecule has 0 saturated carbocycles. The number of rotatable bonds is 7. The highest BCUT2D eigenvalue weighted by Gasteiger charge is 2.37. The van der Waals surface area contributed by atoms with Crippen LogP contribution in [0.2, 0.25) is 5.02 Å². The molecule has 6 nitrogen and oxygen atoms in total. The van der Waals surface area contributed by atoms with Crippen LogP contribution in [0.4, 0.5) is 29.1 Å². The standard InChI is InChI=1S/C26H32ClF4N5O/c1-18-15-19(26(29,30)31)16-24(32-18)36-9-3-5-23(36)25(37)35(20-6-7-22(28)21(27)17-20)10-4-8-34-13-11-33(2)12-14-34/h6-7,15-17,23H,3-5,8-14H2,1-2H3/t23-/m0/s1. The molecule has 1 amide bonds. The van der Waals surface area contributed by atoms with Gasteiger partial charge in [0.25, 0.3) is 0 Å². The summed E-state index contributed by atoms with van der Waals surface area (Å²) in [6, 6.07) is 5.50. The Morgan fingerprint density at radius 2 is 1.86 bits per heavy atom. The van der Waals surface area contributed by atoms with E-state index in [0.29, 0.717) is 38.0 Å². The molecule has 0 spiro atoms. The first kappa shape index (κ1) is 27.6. The van der Waals surface area contributed by atoms with Crippen molar-refractivity contribution in [3.63, 3.8) is 0 Å². The van der Waals surface area contributed by atoms with Gasteiger partial charge in [-0.3, -0.25) is 4.79 Å². The number of nitrogens with zero attached hydrogens (tertiary/aromatic N) is 5. The number of aryl methyl sites for hydroxylation is 1. The predicted octanol–water partition coefficient (Wildman–Crippen LogP) is 4.84. The number of anilines is 2. The summed E-state index contributed by atoms with van der Waals surface area (Å²) in [6.07, 6.45) is -2.69. The molecule has 0 unspecified atom stereocenters. The molecule has 2 fully saturated rings. The van der Waals surface area contributed by atoms with Crippen molar-refractivity contribution in [2.45, 2.75) is 38.4 Å². The van der Waals surface area contributed by atoms with Crippen LogP contribution in [0.25, 0.3) is 0 Å². The van der Waals surface area contributed by atoms with Crippen molar-refractivity contribution >= 4 is 29.0 Å². The molecule has 4 rings (SSSR count). The molecule has 11 heteroatoms. The maximum Gasteiger partial charge on any atom is 0.416 e. The molecule has 0 N–H and O–H groups in total. The van der Waals surface area contributed by atoms with Crippen LogP contribution in [0.1, 0.15) is 30.5 Å². The van der Waals surface area contributed by atoms with Crippen molar-refractivity contribution in [2.75, 3.05) is 62.7 Å². The first-order chi connectivity index (χ1) is 17.5. The molecule has 2 aliphatic heterocycles. The fraction of sp³-hybridized carbons (Fsp3) is 0.538.